The summed E-state index contributed by atoms with van der Waals surface area (Å²) < 4.78 is 0. The Morgan fingerprint density at radius 2 is 1.47 bits per heavy atom. The number of anilines is 1. The molecule has 0 radical (unpaired) electrons. The van der Waals surface area contributed by atoms with Gasteiger partial charge in [0.1, 0.15) is 0 Å². The van der Waals surface area contributed by atoms with Gasteiger partial charge in [0.05, 0.1) is 15.4 Å². The third-order valence-electron chi connectivity index (χ3n) is 6.35. The molecule has 0 amide bonds. The van der Waals surface area contributed by atoms with E-state index in [1.54, 1.807) is 29.6 Å². The van der Waals surface area contributed by atoms with Crippen molar-refractivity contribution in [3.8, 4) is 11.8 Å². The van der Waals surface area contributed by atoms with E-state index >= 15 is 0 Å². The Hall–Kier alpha value is -2.35. The summed E-state index contributed by atoms with van der Waals surface area (Å²) in [4.78, 5) is 4.46. The van der Waals surface area contributed by atoms with E-state index in [4.69, 9.17) is 5.41 Å². The molecule has 2 aliphatic carbocycles. The molecule has 2 saturated carbocycles. The average molecular weight is 612 g/mol. The van der Waals surface area contributed by atoms with Gasteiger partial charge in [0.2, 0.25) is 0 Å². The zero-order valence-electron chi connectivity index (χ0n) is 30.1. The van der Waals surface area contributed by atoms with Crippen LogP contribution >= 0.6 is 11.3 Å². The Bertz CT molecular complexity index is 912. The summed E-state index contributed by atoms with van der Waals surface area (Å²) in [7, 11) is 7.85. The summed E-state index contributed by atoms with van der Waals surface area (Å²) in [6, 6.07) is 2.15. The molecule has 1 aromatic heterocycles. The summed E-state index contributed by atoms with van der Waals surface area (Å²) >= 11 is 1.72. The number of rotatable bonds is 5. The first-order valence-electron chi connectivity index (χ1n) is 16.3. The third kappa shape index (κ3) is 29.5. The van der Waals surface area contributed by atoms with Crippen LogP contribution < -0.4 is 10.2 Å². The zero-order chi connectivity index (χ0) is 33.7. The van der Waals surface area contributed by atoms with Crippen LogP contribution in [0.4, 0.5) is 5.69 Å². The standard InChI is InChI=1S/C15H21NS.C7H11N.C7H14.C6H12.C2H7N.C2H4/c1-11(2)14-13(16(6)7)10-12(17-14)8-9-15(3,4)5;1-3-5-6-7(8)4-2;1-7-5-3-2-4-6-7;1-2-4-6-5-3-1;1-3-2;1-2/h10H,1H2,2-7H3;3,5-6,8H,1,4H2,2H3;7H,2-6H2,1H3;1-6H2;3H,1-2H3;1-2H2/b;6-5-,8-7?;;;;. The Labute approximate surface area is 273 Å². The van der Waals surface area contributed by atoms with Crippen LogP contribution in [0.3, 0.4) is 0 Å². The first-order valence-corrected chi connectivity index (χ1v) is 17.1. The van der Waals surface area contributed by atoms with Crippen LogP contribution in [0.5, 0.6) is 0 Å². The van der Waals surface area contributed by atoms with Crippen molar-refractivity contribution in [2.24, 2.45) is 11.3 Å². The molecule has 4 heteroatoms. The van der Waals surface area contributed by atoms with Crippen molar-refractivity contribution in [2.75, 3.05) is 33.1 Å². The number of nitrogens with zero attached hydrogens (tertiary/aromatic N) is 1. The average Bonchev–Trinajstić information content (AvgIpc) is 3.44. The minimum absolute atomic E-state index is 0.0473. The normalized spacial score (nSPS) is 14.0. The lowest BCUT2D eigenvalue weighted by Crippen LogP contribution is -2.08. The minimum Gasteiger partial charge on any atom is -0.376 e. The first-order chi connectivity index (χ1) is 20.3. The predicted octanol–water partition coefficient (Wildman–Crippen LogP) is 12.0. The van der Waals surface area contributed by atoms with E-state index in [-0.39, 0.29) is 5.41 Å². The fourth-order valence-electron chi connectivity index (χ4n) is 4.00. The molecule has 0 spiro atoms. The SMILES string of the molecule is C1CCCCC1.C=C.C=C(C)c1sc(C#CC(C)(C)C)cc1N(C)C.C=C/C=C\C(=N)CC.CC1CCCCC1.CNC. The Morgan fingerprint density at radius 1 is 1.02 bits per heavy atom. The highest BCUT2D eigenvalue weighted by Crippen LogP contribution is 2.33. The molecule has 3 nitrogen and oxygen atoms in total. The lowest BCUT2D eigenvalue weighted by atomic mass is 9.91. The highest BCUT2D eigenvalue weighted by atomic mass is 32.1. The highest BCUT2D eigenvalue weighted by molar-refractivity contribution is 7.14. The van der Waals surface area contributed by atoms with Crippen LogP contribution in [0.25, 0.3) is 5.57 Å². The first kappa shape index (κ1) is 45.1. The van der Waals surface area contributed by atoms with Gasteiger partial charge in [0.25, 0.3) is 0 Å². The minimum atomic E-state index is 0.0473. The van der Waals surface area contributed by atoms with Gasteiger partial charge in [-0.15, -0.1) is 24.5 Å². The third-order valence-corrected chi connectivity index (χ3v) is 7.55. The largest absolute Gasteiger partial charge is 0.376 e. The molecule has 43 heavy (non-hydrogen) atoms. The summed E-state index contributed by atoms with van der Waals surface area (Å²) in [5.41, 5.74) is 3.00. The van der Waals surface area contributed by atoms with Gasteiger partial charge in [-0.2, -0.15) is 0 Å². The Morgan fingerprint density at radius 3 is 1.74 bits per heavy atom. The molecule has 0 aliphatic heterocycles. The predicted molar refractivity (Wildman–Crippen MR) is 203 cm³/mol. The van der Waals surface area contributed by atoms with Gasteiger partial charge in [0, 0.05) is 25.2 Å². The van der Waals surface area contributed by atoms with Gasteiger partial charge in [-0.3, -0.25) is 0 Å². The second-order valence-electron chi connectivity index (χ2n) is 12.3. The van der Waals surface area contributed by atoms with Gasteiger partial charge in [-0.05, 0) is 71.8 Å². The van der Waals surface area contributed by atoms with Crippen LogP contribution in [-0.2, 0) is 0 Å². The quantitative estimate of drug-likeness (QED) is 0.150. The van der Waals surface area contributed by atoms with E-state index in [1.165, 1.54) is 81.2 Å². The van der Waals surface area contributed by atoms with Crippen molar-refractivity contribution < 1.29 is 0 Å². The molecule has 2 N–H and O–H groups in total. The Balaban J connectivity index is -0.000000514. The van der Waals surface area contributed by atoms with Crippen molar-refractivity contribution in [1.29, 1.82) is 5.41 Å². The number of hydrogen-bond acceptors (Lipinski definition) is 4. The monoisotopic (exact) mass is 612 g/mol. The van der Waals surface area contributed by atoms with E-state index in [0.29, 0.717) is 5.71 Å². The van der Waals surface area contributed by atoms with Crippen molar-refractivity contribution in [1.82, 2.24) is 5.32 Å². The van der Waals surface area contributed by atoms with Crippen molar-refractivity contribution >= 4 is 28.3 Å². The summed E-state index contributed by atoms with van der Waals surface area (Å²) in [6.45, 7) is 26.2. The van der Waals surface area contributed by atoms with Crippen LogP contribution in [0.1, 0.15) is 128 Å². The Kier molecular flexibility index (Phi) is 31.1. The second kappa shape index (κ2) is 29.7. The molecule has 2 fully saturated rings. The molecular formula is C39H69N3S. The van der Waals surface area contributed by atoms with E-state index in [9.17, 15) is 0 Å². The van der Waals surface area contributed by atoms with Gasteiger partial charge in [0.15, 0.2) is 0 Å². The fraction of sp³-hybridized carbons (Fsp3) is 0.615. The second-order valence-corrected chi connectivity index (χ2v) is 13.4. The van der Waals surface area contributed by atoms with Crippen LogP contribution in [0.15, 0.2) is 50.6 Å². The molecule has 1 heterocycles. The van der Waals surface area contributed by atoms with Crippen LogP contribution in [0.2, 0.25) is 0 Å². The van der Waals surface area contributed by atoms with E-state index in [2.05, 4.69) is 96.2 Å². The molecule has 1 aromatic rings. The fourth-order valence-corrected chi connectivity index (χ4v) is 5.01. The summed E-state index contributed by atoms with van der Waals surface area (Å²) in [6.07, 6.45) is 22.4. The number of allylic oxidation sites excluding steroid dienone is 4. The molecule has 0 bridgehead atoms. The van der Waals surface area contributed by atoms with Gasteiger partial charge >= 0.3 is 0 Å². The molecule has 2 aliphatic rings. The lowest BCUT2D eigenvalue weighted by Gasteiger charge is -2.15. The maximum Gasteiger partial charge on any atom is 0.0796 e. The topological polar surface area (TPSA) is 39.1 Å². The van der Waals surface area contributed by atoms with Gasteiger partial charge in [-0.1, -0.05) is 122 Å². The van der Waals surface area contributed by atoms with Crippen molar-refractivity contribution in [3.63, 3.8) is 0 Å². The number of thiophene rings is 1. The number of hydrogen-bond donors (Lipinski definition) is 2. The van der Waals surface area contributed by atoms with Crippen LogP contribution in [-0.4, -0.2) is 33.9 Å². The van der Waals surface area contributed by atoms with Crippen LogP contribution in [0, 0.1) is 28.6 Å². The van der Waals surface area contributed by atoms with E-state index < -0.39 is 0 Å². The summed E-state index contributed by atoms with van der Waals surface area (Å²) in [5, 5.41) is 9.86. The van der Waals surface area contributed by atoms with Crippen molar-refractivity contribution in [2.45, 2.75) is 119 Å². The highest BCUT2D eigenvalue weighted by Gasteiger charge is 2.11. The van der Waals surface area contributed by atoms with Gasteiger partial charge in [-0.25, -0.2) is 0 Å². The number of nitrogens with one attached hydrogen (secondary N) is 2. The smallest absolute Gasteiger partial charge is 0.0796 e. The molecule has 0 saturated heterocycles. The summed E-state index contributed by atoms with van der Waals surface area (Å²) in [5.74, 6) is 7.56. The molecule has 0 aromatic carbocycles. The zero-order valence-corrected chi connectivity index (χ0v) is 30.9. The molecule has 0 atom stereocenters. The lowest BCUT2D eigenvalue weighted by molar-refractivity contribution is 0.385. The maximum absolute atomic E-state index is 7.11. The molecule has 0 unspecified atom stereocenters. The van der Waals surface area contributed by atoms with Crippen molar-refractivity contribution in [3.05, 3.63) is 60.4 Å². The maximum atomic E-state index is 7.11. The van der Waals surface area contributed by atoms with Gasteiger partial charge < -0.3 is 15.6 Å². The molecule has 246 valence electrons. The molecular weight excluding hydrogens is 543 g/mol. The van der Waals surface area contributed by atoms with E-state index in [0.717, 1.165) is 22.8 Å². The van der Waals surface area contributed by atoms with E-state index in [1.807, 2.05) is 27.9 Å². The molecule has 3 rings (SSSR count).